The maximum Gasteiger partial charge on any atom is 0.330 e. The minimum absolute atomic E-state index is 0.0972. The average Bonchev–Trinajstić information content (AvgIpc) is 2.29. The number of rotatable bonds is 2. The van der Waals surface area contributed by atoms with E-state index in [0.717, 1.165) is 44.1 Å². The summed E-state index contributed by atoms with van der Waals surface area (Å²) in [4.78, 5) is 11.4. The van der Waals surface area contributed by atoms with Gasteiger partial charge in [-0.25, -0.2) is 4.79 Å². The minimum atomic E-state index is -0.225. The lowest BCUT2D eigenvalue weighted by Gasteiger charge is -2.55. The molecule has 17 heavy (non-hydrogen) atoms. The molecule has 3 nitrogen and oxygen atoms in total. The summed E-state index contributed by atoms with van der Waals surface area (Å²) in [5, 5.41) is 7.00. The molecule has 0 atom stereocenters. The van der Waals surface area contributed by atoms with Gasteiger partial charge >= 0.3 is 5.97 Å². The fourth-order valence-electron chi connectivity index (χ4n) is 4.41. The molecule has 0 saturated heterocycles. The van der Waals surface area contributed by atoms with Crippen LogP contribution in [0.2, 0.25) is 0 Å². The normalized spacial score (nSPS) is 41.4. The number of carbonyl (C=O) groups is 1. The summed E-state index contributed by atoms with van der Waals surface area (Å²) in [5.41, 5.74) is -0.0972. The van der Waals surface area contributed by atoms with Gasteiger partial charge in [0.2, 0.25) is 0 Å². The average molecular weight is 238 g/mol. The van der Waals surface area contributed by atoms with Gasteiger partial charge in [-0.3, -0.25) is 0 Å². The van der Waals surface area contributed by atoms with Crippen LogP contribution >= 0.6 is 0 Å². The third kappa shape index (κ3) is 2.39. The molecule has 0 spiro atoms. The van der Waals surface area contributed by atoms with Crippen molar-refractivity contribution in [3.05, 3.63) is 12.7 Å². The van der Waals surface area contributed by atoms with E-state index in [9.17, 15) is 4.79 Å². The monoisotopic (exact) mass is 238 g/mol. The highest BCUT2D eigenvalue weighted by atomic mass is 16.6. The van der Waals surface area contributed by atoms with Gasteiger partial charge < -0.3 is 9.84 Å². The Morgan fingerprint density at radius 3 is 1.94 bits per heavy atom. The first kappa shape index (κ1) is 12.6. The molecule has 0 amide bonds. The van der Waals surface area contributed by atoms with Crippen molar-refractivity contribution in [3.8, 4) is 0 Å². The maximum atomic E-state index is 11.4. The van der Waals surface area contributed by atoms with E-state index in [0.29, 0.717) is 0 Å². The lowest BCUT2D eigenvalue weighted by Crippen LogP contribution is -2.52. The summed E-state index contributed by atoms with van der Waals surface area (Å²) in [7, 11) is 1.00. The van der Waals surface area contributed by atoms with Crippen molar-refractivity contribution in [2.24, 2.45) is 17.8 Å². The van der Waals surface area contributed by atoms with Crippen LogP contribution in [0.5, 0.6) is 0 Å². The number of aliphatic hydroxyl groups is 1. The highest BCUT2D eigenvalue weighted by molar-refractivity contribution is 5.81. The van der Waals surface area contributed by atoms with E-state index in [-0.39, 0.29) is 11.6 Å². The standard InChI is InChI=1S/C13H18O2.CH4O/c1-2-12(14)15-13-6-9-3-10(7-13)5-11(4-9)8-13;1-2/h2,9-11H,1,3-8H2;2H,1H3. The number of esters is 1. The maximum absolute atomic E-state index is 11.4. The van der Waals surface area contributed by atoms with Crippen LogP contribution in [0.4, 0.5) is 0 Å². The Labute approximate surface area is 103 Å². The zero-order valence-corrected chi connectivity index (χ0v) is 10.5. The summed E-state index contributed by atoms with van der Waals surface area (Å²) in [6, 6.07) is 0. The van der Waals surface area contributed by atoms with E-state index in [1.165, 1.54) is 25.3 Å². The SMILES string of the molecule is C=CC(=O)OC12CC3CC(CC(C3)C1)C2.CO. The van der Waals surface area contributed by atoms with Crippen molar-refractivity contribution in [1.29, 1.82) is 0 Å². The Morgan fingerprint density at radius 2 is 1.59 bits per heavy atom. The number of hydrogen-bond donors (Lipinski definition) is 1. The molecule has 0 radical (unpaired) electrons. The van der Waals surface area contributed by atoms with Crippen LogP contribution in [-0.2, 0) is 9.53 Å². The van der Waals surface area contributed by atoms with Crippen LogP contribution in [0.15, 0.2) is 12.7 Å². The van der Waals surface area contributed by atoms with Crippen molar-refractivity contribution in [3.63, 3.8) is 0 Å². The zero-order valence-electron chi connectivity index (χ0n) is 10.5. The molecule has 0 unspecified atom stereocenters. The predicted molar refractivity (Wildman–Crippen MR) is 65.3 cm³/mol. The van der Waals surface area contributed by atoms with Gasteiger partial charge in [-0.1, -0.05) is 6.58 Å². The molecule has 4 saturated carbocycles. The second kappa shape index (κ2) is 4.81. The third-order valence-corrected chi connectivity index (χ3v) is 4.47. The summed E-state index contributed by atoms with van der Waals surface area (Å²) in [6.45, 7) is 3.48. The van der Waals surface area contributed by atoms with Gasteiger partial charge in [0.05, 0.1) is 0 Å². The van der Waals surface area contributed by atoms with Crippen LogP contribution in [0.1, 0.15) is 38.5 Å². The number of carbonyl (C=O) groups excluding carboxylic acids is 1. The van der Waals surface area contributed by atoms with E-state index in [2.05, 4.69) is 6.58 Å². The molecule has 4 fully saturated rings. The van der Waals surface area contributed by atoms with Crippen LogP contribution in [-0.4, -0.2) is 23.8 Å². The van der Waals surface area contributed by atoms with Crippen LogP contribution in [0.25, 0.3) is 0 Å². The zero-order chi connectivity index (χ0) is 12.5. The van der Waals surface area contributed by atoms with Crippen LogP contribution in [0, 0.1) is 17.8 Å². The van der Waals surface area contributed by atoms with Gasteiger partial charge in [-0.2, -0.15) is 0 Å². The molecular formula is C14H22O3. The van der Waals surface area contributed by atoms with Crippen molar-refractivity contribution in [2.75, 3.05) is 7.11 Å². The largest absolute Gasteiger partial charge is 0.456 e. The van der Waals surface area contributed by atoms with Crippen molar-refractivity contribution < 1.29 is 14.6 Å². The number of ether oxygens (including phenoxy) is 1. The Morgan fingerprint density at radius 1 is 1.18 bits per heavy atom. The summed E-state index contributed by atoms with van der Waals surface area (Å²) < 4.78 is 5.64. The Bertz CT molecular complexity index is 273. The van der Waals surface area contributed by atoms with E-state index in [4.69, 9.17) is 9.84 Å². The van der Waals surface area contributed by atoms with Gasteiger partial charge in [0, 0.05) is 13.2 Å². The predicted octanol–water partition coefficient (Wildman–Crippen LogP) is 2.29. The lowest BCUT2D eigenvalue weighted by atomic mass is 9.54. The van der Waals surface area contributed by atoms with Crippen LogP contribution in [0.3, 0.4) is 0 Å². The molecule has 1 N–H and O–H groups in total. The second-order valence-corrected chi connectivity index (χ2v) is 5.73. The van der Waals surface area contributed by atoms with Gasteiger partial charge in [0.1, 0.15) is 5.60 Å². The first-order chi connectivity index (χ1) is 8.19. The summed E-state index contributed by atoms with van der Waals surface area (Å²) in [6.07, 6.45) is 8.77. The fraction of sp³-hybridized carbons (Fsp3) is 0.786. The Balaban J connectivity index is 0.000000514. The van der Waals surface area contributed by atoms with Crippen molar-refractivity contribution >= 4 is 5.97 Å². The number of hydrogen-bond acceptors (Lipinski definition) is 3. The smallest absolute Gasteiger partial charge is 0.330 e. The van der Waals surface area contributed by atoms with Gasteiger partial charge in [0.25, 0.3) is 0 Å². The first-order valence-corrected chi connectivity index (χ1v) is 6.49. The molecule has 0 aromatic heterocycles. The first-order valence-electron chi connectivity index (χ1n) is 6.49. The van der Waals surface area contributed by atoms with Gasteiger partial charge in [-0.05, 0) is 56.3 Å². The fourth-order valence-corrected chi connectivity index (χ4v) is 4.41. The molecule has 0 aromatic rings. The van der Waals surface area contributed by atoms with Crippen molar-refractivity contribution in [1.82, 2.24) is 0 Å². The highest BCUT2D eigenvalue weighted by Gasteiger charge is 2.52. The molecule has 0 heterocycles. The Kier molecular flexibility index (Phi) is 3.57. The van der Waals surface area contributed by atoms with E-state index in [1.54, 1.807) is 0 Å². The molecule has 0 aromatic carbocycles. The molecule has 3 heteroatoms. The van der Waals surface area contributed by atoms with Crippen LogP contribution < -0.4 is 0 Å². The quantitative estimate of drug-likeness (QED) is 0.593. The molecule has 4 rings (SSSR count). The topological polar surface area (TPSA) is 46.5 Å². The Hall–Kier alpha value is -0.830. The lowest BCUT2D eigenvalue weighted by molar-refractivity contribution is -0.181. The number of aliphatic hydroxyl groups excluding tert-OH is 1. The molecule has 4 bridgehead atoms. The molecule has 0 aliphatic heterocycles. The van der Waals surface area contributed by atoms with Crippen molar-refractivity contribution in [2.45, 2.75) is 44.1 Å². The summed E-state index contributed by atoms with van der Waals surface area (Å²) >= 11 is 0. The molecule has 96 valence electrons. The minimum Gasteiger partial charge on any atom is -0.456 e. The molecule has 4 aliphatic carbocycles. The highest BCUT2D eigenvalue weighted by Crippen LogP contribution is 2.57. The van der Waals surface area contributed by atoms with Gasteiger partial charge in [-0.15, -0.1) is 0 Å². The van der Waals surface area contributed by atoms with Gasteiger partial charge in [0.15, 0.2) is 0 Å². The van der Waals surface area contributed by atoms with E-state index < -0.39 is 0 Å². The second-order valence-electron chi connectivity index (χ2n) is 5.73. The van der Waals surface area contributed by atoms with E-state index >= 15 is 0 Å². The summed E-state index contributed by atoms with van der Waals surface area (Å²) in [5.74, 6) is 2.26. The third-order valence-electron chi connectivity index (χ3n) is 4.47. The molecule has 4 aliphatic rings. The van der Waals surface area contributed by atoms with E-state index in [1.807, 2.05) is 0 Å². The molecular weight excluding hydrogens is 216 g/mol.